The number of rotatable bonds is 4. The van der Waals surface area contributed by atoms with Crippen molar-refractivity contribution < 1.29 is 4.79 Å². The van der Waals surface area contributed by atoms with Crippen LogP contribution in [0.1, 0.15) is 33.4 Å². The van der Waals surface area contributed by atoms with Gasteiger partial charge in [0.2, 0.25) is 5.91 Å². The van der Waals surface area contributed by atoms with Crippen LogP contribution >= 0.6 is 11.3 Å². The highest BCUT2D eigenvalue weighted by Gasteiger charge is 2.22. The number of aromatic nitrogens is 1. The topological polar surface area (TPSA) is 45.2 Å². The molecule has 17 heavy (non-hydrogen) atoms. The summed E-state index contributed by atoms with van der Waals surface area (Å²) in [5.41, 5.74) is 2.63. The maximum Gasteiger partial charge on any atom is 0.237 e. The van der Waals surface area contributed by atoms with E-state index in [4.69, 9.17) is 0 Å². The predicted molar refractivity (Wildman–Crippen MR) is 70.9 cm³/mol. The van der Waals surface area contributed by atoms with Crippen LogP contribution in [0, 0.1) is 0 Å². The zero-order valence-corrected chi connectivity index (χ0v) is 12.0. The molecule has 1 heterocycles. The van der Waals surface area contributed by atoms with E-state index >= 15 is 0 Å². The fraction of sp³-hybridized carbons (Fsp3) is 0.667. The molecule has 0 spiro atoms. The van der Waals surface area contributed by atoms with E-state index in [9.17, 15) is 4.79 Å². The zero-order chi connectivity index (χ0) is 13.1. The van der Waals surface area contributed by atoms with Crippen molar-refractivity contribution in [1.82, 2.24) is 15.2 Å². The number of thiazole rings is 1. The van der Waals surface area contributed by atoms with Crippen molar-refractivity contribution in [3.63, 3.8) is 0 Å². The lowest BCUT2D eigenvalue weighted by atomic mass is 10.1. The second-order valence-corrected chi connectivity index (χ2v) is 6.03. The number of hydrogen-bond donors (Lipinski definition) is 1. The van der Waals surface area contributed by atoms with E-state index in [0.29, 0.717) is 6.54 Å². The van der Waals surface area contributed by atoms with Crippen molar-refractivity contribution in [1.29, 1.82) is 0 Å². The highest BCUT2D eigenvalue weighted by Crippen LogP contribution is 2.08. The van der Waals surface area contributed by atoms with Gasteiger partial charge in [-0.25, -0.2) is 4.98 Å². The molecule has 1 rings (SSSR count). The number of hydrogen-bond acceptors (Lipinski definition) is 4. The average molecular weight is 255 g/mol. The minimum absolute atomic E-state index is 0.0511. The number of nitrogens with zero attached hydrogens (tertiary/aromatic N) is 2. The quantitative estimate of drug-likeness (QED) is 0.893. The predicted octanol–water partition coefficient (Wildman–Crippen LogP) is 1.88. The molecule has 0 aliphatic rings. The van der Waals surface area contributed by atoms with Crippen LogP contribution in [-0.4, -0.2) is 34.4 Å². The third-order valence-corrected chi connectivity index (χ3v) is 3.07. The number of carbonyl (C=O) groups excluding carboxylic acids is 1. The molecule has 0 aliphatic carbocycles. The van der Waals surface area contributed by atoms with Crippen LogP contribution in [0.15, 0.2) is 10.9 Å². The third-order valence-electron chi connectivity index (χ3n) is 2.43. The smallest absolute Gasteiger partial charge is 0.237 e. The van der Waals surface area contributed by atoms with Gasteiger partial charge in [-0.05, 0) is 34.7 Å². The highest BCUT2D eigenvalue weighted by atomic mass is 32.1. The molecular formula is C12H21N3OS. The van der Waals surface area contributed by atoms with Crippen LogP contribution in [0.25, 0.3) is 0 Å². The van der Waals surface area contributed by atoms with E-state index in [1.807, 2.05) is 50.5 Å². The molecule has 0 saturated heterocycles. The molecule has 0 aromatic carbocycles. The van der Waals surface area contributed by atoms with Gasteiger partial charge in [-0.15, -0.1) is 11.3 Å². The van der Waals surface area contributed by atoms with Gasteiger partial charge in [0.1, 0.15) is 0 Å². The maximum absolute atomic E-state index is 12.0. The van der Waals surface area contributed by atoms with Crippen LogP contribution in [0.5, 0.6) is 0 Å². The maximum atomic E-state index is 12.0. The average Bonchev–Trinajstić information content (AvgIpc) is 2.66. The Kier molecular flexibility index (Phi) is 4.65. The highest BCUT2D eigenvalue weighted by molar-refractivity contribution is 7.07. The van der Waals surface area contributed by atoms with Crippen molar-refractivity contribution in [3.8, 4) is 0 Å². The number of carbonyl (C=O) groups is 1. The molecule has 5 heteroatoms. The van der Waals surface area contributed by atoms with Gasteiger partial charge in [-0.3, -0.25) is 9.69 Å². The molecule has 0 aliphatic heterocycles. The first kappa shape index (κ1) is 14.1. The Hall–Kier alpha value is -0.940. The van der Waals surface area contributed by atoms with E-state index in [0.717, 1.165) is 5.69 Å². The van der Waals surface area contributed by atoms with Gasteiger partial charge in [-0.1, -0.05) is 0 Å². The summed E-state index contributed by atoms with van der Waals surface area (Å²) in [5, 5.41) is 4.99. The molecule has 1 atom stereocenters. The molecule has 1 N–H and O–H groups in total. The zero-order valence-electron chi connectivity index (χ0n) is 11.2. The summed E-state index contributed by atoms with van der Waals surface area (Å²) in [7, 11) is 1.94. The van der Waals surface area contributed by atoms with Gasteiger partial charge in [0.15, 0.2) is 0 Å². The van der Waals surface area contributed by atoms with Crippen LogP contribution in [0.3, 0.4) is 0 Å². The third kappa shape index (κ3) is 4.83. The lowest BCUT2D eigenvalue weighted by Crippen LogP contribution is -2.49. The van der Waals surface area contributed by atoms with Gasteiger partial charge in [0.25, 0.3) is 0 Å². The fourth-order valence-corrected chi connectivity index (χ4v) is 1.93. The molecule has 0 unspecified atom stereocenters. The molecule has 0 saturated carbocycles. The van der Waals surface area contributed by atoms with Crippen molar-refractivity contribution in [3.05, 3.63) is 16.6 Å². The first-order valence-corrected chi connectivity index (χ1v) is 6.63. The normalized spacial score (nSPS) is 13.8. The molecule has 1 aromatic heterocycles. The van der Waals surface area contributed by atoms with Crippen LogP contribution < -0.4 is 5.32 Å². The summed E-state index contributed by atoms with van der Waals surface area (Å²) in [6.45, 7) is 8.56. The Morgan fingerprint density at radius 3 is 2.71 bits per heavy atom. The van der Waals surface area contributed by atoms with E-state index in [-0.39, 0.29) is 17.5 Å². The number of nitrogens with one attached hydrogen (secondary N) is 1. The molecule has 0 radical (unpaired) electrons. The molecule has 0 fully saturated rings. The summed E-state index contributed by atoms with van der Waals surface area (Å²) in [5.74, 6) is 0.0511. The van der Waals surface area contributed by atoms with Crippen LogP contribution in [-0.2, 0) is 11.3 Å². The first-order chi connectivity index (χ1) is 7.79. The van der Waals surface area contributed by atoms with Crippen molar-refractivity contribution in [2.45, 2.75) is 45.8 Å². The summed E-state index contributed by atoms with van der Waals surface area (Å²) in [6.07, 6.45) is 0. The second-order valence-electron chi connectivity index (χ2n) is 5.31. The van der Waals surface area contributed by atoms with Gasteiger partial charge in [0.05, 0.1) is 17.2 Å². The van der Waals surface area contributed by atoms with E-state index < -0.39 is 0 Å². The molecular weight excluding hydrogens is 234 g/mol. The summed E-state index contributed by atoms with van der Waals surface area (Å²) in [6, 6.07) is -0.157. The van der Waals surface area contributed by atoms with Crippen LogP contribution in [0.2, 0.25) is 0 Å². The van der Waals surface area contributed by atoms with Gasteiger partial charge in [-0.2, -0.15) is 0 Å². The molecule has 1 amide bonds. The second kappa shape index (κ2) is 5.60. The van der Waals surface area contributed by atoms with Crippen molar-refractivity contribution >= 4 is 17.2 Å². The monoisotopic (exact) mass is 255 g/mol. The number of amides is 1. The summed E-state index contributed by atoms with van der Waals surface area (Å²) < 4.78 is 0. The standard InChI is InChI=1S/C12H21N3OS/c1-9(11(16)14-12(2,3)4)15(5)6-10-7-17-8-13-10/h7-9H,6H2,1-5H3,(H,14,16)/t9-/m1/s1. The fourth-order valence-electron chi connectivity index (χ4n) is 1.38. The minimum atomic E-state index is -0.188. The van der Waals surface area contributed by atoms with Gasteiger partial charge in [0, 0.05) is 17.5 Å². The molecule has 4 nitrogen and oxygen atoms in total. The first-order valence-electron chi connectivity index (χ1n) is 5.69. The molecule has 0 bridgehead atoms. The Balaban J connectivity index is 2.51. The van der Waals surface area contributed by atoms with E-state index in [2.05, 4.69) is 10.3 Å². The van der Waals surface area contributed by atoms with Crippen molar-refractivity contribution in [2.75, 3.05) is 7.05 Å². The Labute approximate surface area is 107 Å². The molecule has 1 aromatic rings. The van der Waals surface area contributed by atoms with E-state index in [1.54, 1.807) is 11.3 Å². The van der Waals surface area contributed by atoms with E-state index in [1.165, 1.54) is 0 Å². The lowest BCUT2D eigenvalue weighted by Gasteiger charge is -2.28. The van der Waals surface area contributed by atoms with Crippen LogP contribution in [0.4, 0.5) is 0 Å². The largest absolute Gasteiger partial charge is 0.350 e. The molecule has 96 valence electrons. The minimum Gasteiger partial charge on any atom is -0.350 e. The Bertz CT molecular complexity index is 356. The lowest BCUT2D eigenvalue weighted by molar-refractivity contribution is -0.127. The Morgan fingerprint density at radius 1 is 1.59 bits per heavy atom. The Morgan fingerprint density at radius 2 is 2.24 bits per heavy atom. The number of likely N-dealkylation sites (N-methyl/N-ethyl adjacent to an activating group) is 1. The van der Waals surface area contributed by atoms with Gasteiger partial charge >= 0.3 is 0 Å². The summed E-state index contributed by atoms with van der Waals surface area (Å²) >= 11 is 1.57. The summed E-state index contributed by atoms with van der Waals surface area (Å²) in [4.78, 5) is 18.2. The van der Waals surface area contributed by atoms with Crippen molar-refractivity contribution in [2.24, 2.45) is 0 Å². The SMILES string of the molecule is C[C@H](C(=O)NC(C)(C)C)N(C)Cc1cscn1. The van der Waals surface area contributed by atoms with Gasteiger partial charge < -0.3 is 5.32 Å².